The van der Waals surface area contributed by atoms with Crippen LogP contribution in [0.2, 0.25) is 0 Å². The molecule has 1 aromatic heterocycles. The van der Waals surface area contributed by atoms with Crippen molar-refractivity contribution in [2.24, 2.45) is 0 Å². The zero-order chi connectivity index (χ0) is 17.6. The van der Waals surface area contributed by atoms with E-state index in [2.05, 4.69) is 53.4 Å². The van der Waals surface area contributed by atoms with Crippen molar-refractivity contribution in [1.29, 1.82) is 0 Å². The lowest BCUT2D eigenvalue weighted by Crippen LogP contribution is -2.52. The van der Waals surface area contributed by atoms with E-state index in [0.717, 1.165) is 49.0 Å². The molecule has 1 atom stereocenters. The molecule has 25 heavy (non-hydrogen) atoms. The number of aromatic nitrogens is 1. The van der Waals surface area contributed by atoms with Gasteiger partial charge in [-0.15, -0.1) is 11.3 Å². The second-order valence-corrected chi connectivity index (χ2v) is 8.01. The maximum absolute atomic E-state index is 11.4. The minimum atomic E-state index is 0.138. The van der Waals surface area contributed by atoms with E-state index in [1.807, 2.05) is 18.3 Å². The standard InChI is InChI=1S/C19H24N4OS/c1-13-16(12-24)14(2)23(21(13)3)22-10-8-15(9-11-22)19-20-17-6-4-5-7-18(17)25-19/h4-7,12-13,15H,8-11H2,1-3H3. The van der Waals surface area contributed by atoms with Gasteiger partial charge in [-0.05, 0) is 38.8 Å². The number of hydrazine groups is 2. The minimum absolute atomic E-state index is 0.138. The third kappa shape index (κ3) is 2.78. The number of para-hydroxylation sites is 1. The van der Waals surface area contributed by atoms with Crippen LogP contribution >= 0.6 is 11.3 Å². The highest BCUT2D eigenvalue weighted by molar-refractivity contribution is 7.18. The maximum atomic E-state index is 11.4. The van der Waals surface area contributed by atoms with E-state index in [1.54, 1.807) is 0 Å². The molecule has 0 aliphatic carbocycles. The number of piperidine rings is 1. The van der Waals surface area contributed by atoms with Crippen molar-refractivity contribution in [2.75, 3.05) is 20.1 Å². The van der Waals surface area contributed by atoms with E-state index in [9.17, 15) is 4.79 Å². The number of thiazole rings is 1. The molecule has 1 fully saturated rings. The van der Waals surface area contributed by atoms with E-state index in [-0.39, 0.29) is 6.04 Å². The Labute approximate surface area is 152 Å². The first-order valence-electron chi connectivity index (χ1n) is 8.89. The maximum Gasteiger partial charge on any atom is 0.149 e. The van der Waals surface area contributed by atoms with Gasteiger partial charge in [0.05, 0.1) is 27.0 Å². The Kier molecular flexibility index (Phi) is 4.35. The Morgan fingerprint density at radius 1 is 1.24 bits per heavy atom. The minimum Gasteiger partial charge on any atom is -0.298 e. The van der Waals surface area contributed by atoms with E-state index in [0.29, 0.717) is 5.92 Å². The normalized spacial score (nSPS) is 23.8. The summed E-state index contributed by atoms with van der Waals surface area (Å²) in [6.45, 7) is 6.10. The lowest BCUT2D eigenvalue weighted by Gasteiger charge is -2.43. The molecule has 1 saturated heterocycles. The number of likely N-dealkylation sites (N-methyl/N-ethyl adjacent to an activating group) is 1. The van der Waals surface area contributed by atoms with Gasteiger partial charge in [0, 0.05) is 31.6 Å². The topological polar surface area (TPSA) is 39.7 Å². The molecule has 1 aromatic carbocycles. The molecule has 2 aromatic rings. The molecule has 0 spiro atoms. The third-order valence-corrected chi connectivity index (χ3v) is 6.75. The molecule has 0 bridgehead atoms. The van der Waals surface area contributed by atoms with Crippen molar-refractivity contribution >= 4 is 27.8 Å². The number of aldehydes is 1. The first kappa shape index (κ1) is 16.7. The summed E-state index contributed by atoms with van der Waals surface area (Å²) >= 11 is 1.83. The Hall–Kier alpha value is -1.76. The molecule has 6 heteroatoms. The third-order valence-electron chi connectivity index (χ3n) is 5.55. The molecule has 132 valence electrons. The fourth-order valence-electron chi connectivity index (χ4n) is 3.98. The van der Waals surface area contributed by atoms with Crippen LogP contribution in [0.5, 0.6) is 0 Å². The van der Waals surface area contributed by atoms with Gasteiger partial charge in [0.25, 0.3) is 0 Å². The van der Waals surface area contributed by atoms with E-state index in [1.165, 1.54) is 9.71 Å². The van der Waals surface area contributed by atoms with Gasteiger partial charge in [-0.3, -0.25) is 4.79 Å². The van der Waals surface area contributed by atoms with Crippen LogP contribution in [0, 0.1) is 0 Å². The number of hydrogen-bond acceptors (Lipinski definition) is 6. The number of carbonyl (C=O) groups excluding carboxylic acids is 1. The molecule has 0 N–H and O–H groups in total. The van der Waals surface area contributed by atoms with Gasteiger partial charge in [0.2, 0.25) is 0 Å². The highest BCUT2D eigenvalue weighted by Gasteiger charge is 2.36. The van der Waals surface area contributed by atoms with Crippen molar-refractivity contribution in [3.8, 4) is 0 Å². The Morgan fingerprint density at radius 3 is 2.60 bits per heavy atom. The second-order valence-electron chi connectivity index (χ2n) is 6.95. The summed E-state index contributed by atoms with van der Waals surface area (Å²) in [6.07, 6.45) is 3.20. The van der Waals surface area contributed by atoms with Gasteiger partial charge in [0.15, 0.2) is 0 Å². The molecule has 0 amide bonds. The smallest absolute Gasteiger partial charge is 0.149 e. The molecule has 0 saturated carbocycles. The fourth-order valence-corrected chi connectivity index (χ4v) is 5.12. The zero-order valence-electron chi connectivity index (χ0n) is 15.0. The molecule has 4 rings (SSSR count). The van der Waals surface area contributed by atoms with Gasteiger partial charge >= 0.3 is 0 Å². The van der Waals surface area contributed by atoms with Gasteiger partial charge in [-0.2, -0.15) is 0 Å². The lowest BCUT2D eigenvalue weighted by molar-refractivity contribution is -0.149. The van der Waals surface area contributed by atoms with Crippen molar-refractivity contribution < 1.29 is 4.79 Å². The summed E-state index contributed by atoms with van der Waals surface area (Å²) in [6, 6.07) is 8.52. The van der Waals surface area contributed by atoms with E-state index in [4.69, 9.17) is 4.98 Å². The van der Waals surface area contributed by atoms with Gasteiger partial charge in [-0.25, -0.2) is 20.1 Å². The van der Waals surface area contributed by atoms with Crippen LogP contribution in [0.3, 0.4) is 0 Å². The molecular weight excluding hydrogens is 332 g/mol. The number of benzene rings is 1. The number of hydrogen-bond donors (Lipinski definition) is 0. The summed E-state index contributed by atoms with van der Waals surface area (Å²) in [7, 11) is 2.06. The van der Waals surface area contributed by atoms with Crippen LogP contribution < -0.4 is 0 Å². The van der Waals surface area contributed by atoms with Crippen LogP contribution in [0.4, 0.5) is 0 Å². The highest BCUT2D eigenvalue weighted by Crippen LogP contribution is 2.36. The van der Waals surface area contributed by atoms with Crippen LogP contribution in [0.15, 0.2) is 35.5 Å². The molecule has 1 unspecified atom stereocenters. The first-order valence-corrected chi connectivity index (χ1v) is 9.71. The first-order chi connectivity index (χ1) is 12.1. The van der Waals surface area contributed by atoms with Crippen molar-refractivity contribution in [2.45, 2.75) is 38.6 Å². The number of allylic oxidation sites excluding steroid dienone is 1. The van der Waals surface area contributed by atoms with Crippen LogP contribution in [0.1, 0.15) is 37.6 Å². The molecule has 2 aliphatic rings. The predicted octanol–water partition coefficient (Wildman–Crippen LogP) is 3.41. The Bertz CT molecular complexity index is 789. The summed E-state index contributed by atoms with van der Waals surface area (Å²) in [5.41, 5.74) is 3.06. The zero-order valence-corrected chi connectivity index (χ0v) is 15.8. The molecule has 2 aliphatic heterocycles. The monoisotopic (exact) mass is 356 g/mol. The largest absolute Gasteiger partial charge is 0.298 e. The van der Waals surface area contributed by atoms with Crippen molar-refractivity contribution in [3.05, 3.63) is 40.5 Å². The van der Waals surface area contributed by atoms with Crippen LogP contribution in [-0.4, -0.2) is 52.6 Å². The number of fused-ring (bicyclic) bond motifs is 1. The fraction of sp³-hybridized carbons (Fsp3) is 0.474. The molecule has 3 heterocycles. The summed E-state index contributed by atoms with van der Waals surface area (Å²) < 4.78 is 1.28. The Balaban J connectivity index is 1.48. The van der Waals surface area contributed by atoms with Crippen molar-refractivity contribution in [1.82, 2.24) is 20.1 Å². The van der Waals surface area contributed by atoms with E-state index < -0.39 is 0 Å². The molecule has 0 radical (unpaired) electrons. The Morgan fingerprint density at radius 2 is 1.96 bits per heavy atom. The predicted molar refractivity (Wildman–Crippen MR) is 101 cm³/mol. The van der Waals surface area contributed by atoms with Gasteiger partial charge in [-0.1, -0.05) is 12.1 Å². The average Bonchev–Trinajstić information content (AvgIpc) is 3.15. The van der Waals surface area contributed by atoms with Crippen molar-refractivity contribution in [3.63, 3.8) is 0 Å². The van der Waals surface area contributed by atoms with Gasteiger partial charge in [0.1, 0.15) is 6.29 Å². The quantitative estimate of drug-likeness (QED) is 0.788. The number of rotatable bonds is 3. The summed E-state index contributed by atoms with van der Waals surface area (Å²) in [5, 5.41) is 8.00. The number of carbonyl (C=O) groups is 1. The van der Waals surface area contributed by atoms with Crippen LogP contribution in [0.25, 0.3) is 10.2 Å². The molecule has 5 nitrogen and oxygen atoms in total. The highest BCUT2D eigenvalue weighted by atomic mass is 32.1. The summed E-state index contributed by atoms with van der Waals surface area (Å²) in [5.74, 6) is 0.536. The lowest BCUT2D eigenvalue weighted by atomic mass is 9.98. The van der Waals surface area contributed by atoms with Crippen LogP contribution in [-0.2, 0) is 4.79 Å². The summed E-state index contributed by atoms with van der Waals surface area (Å²) in [4.78, 5) is 16.2. The van der Waals surface area contributed by atoms with E-state index >= 15 is 0 Å². The average molecular weight is 356 g/mol. The SMILES string of the molecule is CC1=C(C=O)C(C)N(C)N1N1CCC(c2nc3ccccc3s2)CC1. The number of nitrogens with zero attached hydrogens (tertiary/aromatic N) is 4. The van der Waals surface area contributed by atoms with Gasteiger partial charge < -0.3 is 0 Å². The second kappa shape index (κ2) is 6.52. The molecular formula is C19H24N4OS.